The average molecular weight is 456 g/mol. The quantitative estimate of drug-likeness (QED) is 0.473. The van der Waals surface area contributed by atoms with Gasteiger partial charge in [-0.05, 0) is 36.0 Å². The van der Waals surface area contributed by atoms with E-state index in [1.54, 1.807) is 4.90 Å². The zero-order chi connectivity index (χ0) is 23.8. The summed E-state index contributed by atoms with van der Waals surface area (Å²) in [6, 6.07) is 28.4. The van der Waals surface area contributed by atoms with Crippen LogP contribution in [0.2, 0.25) is 0 Å². The van der Waals surface area contributed by atoms with E-state index in [2.05, 4.69) is 5.32 Å². The Kier molecular flexibility index (Phi) is 7.71. The normalized spacial score (nSPS) is 15.3. The van der Waals surface area contributed by atoms with Gasteiger partial charge in [0.15, 0.2) is 0 Å². The van der Waals surface area contributed by atoms with Gasteiger partial charge in [0.2, 0.25) is 5.91 Å². The molecule has 4 rings (SSSR count). The third kappa shape index (κ3) is 6.10. The van der Waals surface area contributed by atoms with E-state index in [0.29, 0.717) is 32.4 Å². The Labute approximate surface area is 200 Å². The van der Waals surface area contributed by atoms with Crippen molar-refractivity contribution >= 4 is 17.8 Å². The van der Waals surface area contributed by atoms with Gasteiger partial charge >= 0.3 is 6.03 Å². The van der Waals surface area contributed by atoms with Gasteiger partial charge in [0.1, 0.15) is 12.6 Å². The maximum Gasteiger partial charge on any atom is 0.325 e. The molecule has 0 aliphatic carbocycles. The van der Waals surface area contributed by atoms with Crippen LogP contribution in [0.4, 0.5) is 4.79 Å². The third-order valence-electron chi connectivity index (χ3n) is 6.05. The maximum atomic E-state index is 13.3. The fourth-order valence-electron chi connectivity index (χ4n) is 4.12. The highest BCUT2D eigenvalue weighted by Crippen LogP contribution is 2.15. The third-order valence-corrected chi connectivity index (χ3v) is 6.05. The van der Waals surface area contributed by atoms with Crippen molar-refractivity contribution in [2.75, 3.05) is 13.1 Å². The highest BCUT2D eigenvalue weighted by atomic mass is 16.2. The van der Waals surface area contributed by atoms with Crippen LogP contribution in [0.15, 0.2) is 91.0 Å². The number of carbonyl (C=O) groups excluding carboxylic acids is 3. The van der Waals surface area contributed by atoms with Crippen LogP contribution in [0.5, 0.6) is 0 Å². The molecule has 0 saturated carbocycles. The van der Waals surface area contributed by atoms with E-state index >= 15 is 0 Å². The van der Waals surface area contributed by atoms with Crippen LogP contribution in [0.3, 0.4) is 0 Å². The van der Waals surface area contributed by atoms with Crippen LogP contribution in [0.1, 0.15) is 23.1 Å². The largest absolute Gasteiger partial charge is 0.336 e. The van der Waals surface area contributed by atoms with Crippen molar-refractivity contribution in [1.29, 1.82) is 0 Å². The topological polar surface area (TPSA) is 69.7 Å². The Balaban J connectivity index is 1.40. The second-order valence-corrected chi connectivity index (χ2v) is 8.49. The molecule has 1 saturated heterocycles. The van der Waals surface area contributed by atoms with Crippen molar-refractivity contribution in [3.05, 3.63) is 108 Å². The summed E-state index contributed by atoms with van der Waals surface area (Å²) in [5, 5.41) is 2.74. The first-order valence-electron chi connectivity index (χ1n) is 11.6. The van der Waals surface area contributed by atoms with Crippen LogP contribution in [-0.4, -0.2) is 46.8 Å². The first-order valence-corrected chi connectivity index (χ1v) is 11.6. The van der Waals surface area contributed by atoms with Gasteiger partial charge in [-0.25, -0.2) is 4.79 Å². The lowest BCUT2D eigenvalue weighted by molar-refractivity contribution is -0.137. The molecule has 0 aromatic heterocycles. The second kappa shape index (κ2) is 11.3. The van der Waals surface area contributed by atoms with Gasteiger partial charge in [0.25, 0.3) is 5.91 Å². The fourth-order valence-corrected chi connectivity index (χ4v) is 4.12. The van der Waals surface area contributed by atoms with E-state index in [1.165, 1.54) is 0 Å². The number of nitrogens with zero attached hydrogens (tertiary/aromatic N) is 2. The average Bonchev–Trinajstić information content (AvgIpc) is 3.14. The summed E-state index contributed by atoms with van der Waals surface area (Å²) in [6.45, 7) is 0.667. The van der Waals surface area contributed by atoms with Crippen molar-refractivity contribution in [2.24, 2.45) is 0 Å². The lowest BCUT2D eigenvalue weighted by Gasteiger charge is -2.25. The summed E-state index contributed by atoms with van der Waals surface area (Å²) in [7, 11) is 0. The summed E-state index contributed by atoms with van der Waals surface area (Å²) in [5.74, 6) is -0.580. The molecule has 3 aromatic carbocycles. The number of rotatable bonds is 10. The number of aryl methyl sites for hydroxylation is 1. The van der Waals surface area contributed by atoms with Crippen LogP contribution < -0.4 is 5.32 Å². The van der Waals surface area contributed by atoms with E-state index in [9.17, 15) is 14.4 Å². The Morgan fingerprint density at radius 3 is 1.88 bits per heavy atom. The van der Waals surface area contributed by atoms with Gasteiger partial charge in [-0.15, -0.1) is 0 Å². The minimum atomic E-state index is -0.604. The number of hydrogen-bond donors (Lipinski definition) is 1. The van der Waals surface area contributed by atoms with Crippen molar-refractivity contribution in [2.45, 2.75) is 31.8 Å². The number of benzene rings is 3. The first kappa shape index (κ1) is 23.2. The van der Waals surface area contributed by atoms with Crippen LogP contribution in [0, 0.1) is 0 Å². The zero-order valence-corrected chi connectivity index (χ0v) is 19.1. The van der Waals surface area contributed by atoms with Crippen molar-refractivity contribution in [3.63, 3.8) is 0 Å². The van der Waals surface area contributed by atoms with Crippen LogP contribution in [0.25, 0.3) is 0 Å². The van der Waals surface area contributed by atoms with Gasteiger partial charge in [-0.2, -0.15) is 0 Å². The number of urea groups is 1. The number of hydrogen-bond acceptors (Lipinski definition) is 3. The fraction of sp³-hybridized carbons (Fsp3) is 0.250. The van der Waals surface area contributed by atoms with E-state index in [-0.39, 0.29) is 18.4 Å². The molecule has 1 N–H and O–H groups in total. The highest BCUT2D eigenvalue weighted by Gasteiger charge is 2.39. The summed E-state index contributed by atoms with van der Waals surface area (Å²) < 4.78 is 0. The molecule has 3 aromatic rings. The van der Waals surface area contributed by atoms with Gasteiger partial charge in [-0.3, -0.25) is 14.5 Å². The van der Waals surface area contributed by atoms with Gasteiger partial charge < -0.3 is 10.2 Å². The van der Waals surface area contributed by atoms with Crippen molar-refractivity contribution in [3.8, 4) is 0 Å². The van der Waals surface area contributed by atoms with Crippen molar-refractivity contribution < 1.29 is 14.4 Å². The van der Waals surface area contributed by atoms with Crippen molar-refractivity contribution in [1.82, 2.24) is 15.1 Å². The molecule has 174 valence electrons. The lowest BCUT2D eigenvalue weighted by Crippen LogP contribution is -2.43. The summed E-state index contributed by atoms with van der Waals surface area (Å²) in [4.78, 5) is 41.5. The van der Waals surface area contributed by atoms with E-state index in [4.69, 9.17) is 0 Å². The minimum Gasteiger partial charge on any atom is -0.336 e. The SMILES string of the molecule is O=C(CN1C(=O)NC(CCc2ccccc2)C1=O)N(CCc1ccccc1)Cc1ccccc1. The number of amides is 4. The minimum absolute atomic E-state index is 0.244. The Morgan fingerprint density at radius 2 is 1.29 bits per heavy atom. The molecule has 0 spiro atoms. The molecular formula is C28H29N3O3. The molecular weight excluding hydrogens is 426 g/mol. The number of carbonyl (C=O) groups is 3. The molecule has 0 radical (unpaired) electrons. The molecule has 34 heavy (non-hydrogen) atoms. The Bertz CT molecular complexity index is 1100. The predicted molar refractivity (Wildman–Crippen MR) is 131 cm³/mol. The first-order chi connectivity index (χ1) is 16.6. The summed E-state index contributed by atoms with van der Waals surface area (Å²) in [6.07, 6.45) is 1.87. The zero-order valence-electron chi connectivity index (χ0n) is 19.1. The van der Waals surface area contributed by atoms with E-state index in [1.807, 2.05) is 91.0 Å². The molecule has 0 bridgehead atoms. The smallest absolute Gasteiger partial charge is 0.325 e. The second-order valence-electron chi connectivity index (χ2n) is 8.49. The highest BCUT2D eigenvalue weighted by molar-refractivity contribution is 6.06. The number of nitrogens with one attached hydrogen (secondary N) is 1. The van der Waals surface area contributed by atoms with Crippen LogP contribution in [-0.2, 0) is 29.0 Å². The monoisotopic (exact) mass is 455 g/mol. The molecule has 4 amide bonds. The van der Waals surface area contributed by atoms with Crippen LogP contribution >= 0.6 is 0 Å². The molecule has 1 fully saturated rings. The molecule has 6 heteroatoms. The van der Waals surface area contributed by atoms with Gasteiger partial charge in [-0.1, -0.05) is 91.0 Å². The lowest BCUT2D eigenvalue weighted by atomic mass is 10.1. The van der Waals surface area contributed by atoms with Gasteiger partial charge in [0.05, 0.1) is 0 Å². The van der Waals surface area contributed by atoms with E-state index < -0.39 is 12.1 Å². The molecule has 1 aliphatic heterocycles. The number of imide groups is 1. The standard InChI is InChI=1S/C28H29N3O3/c32-26(21-31-27(33)25(29-28(31)34)17-16-22-10-4-1-5-11-22)30(20-24-14-8-3-9-15-24)19-18-23-12-6-2-7-13-23/h1-15,25H,16-21H2,(H,29,34). The predicted octanol–water partition coefficient (Wildman–Crippen LogP) is 3.81. The van der Waals surface area contributed by atoms with E-state index in [0.717, 1.165) is 21.6 Å². The maximum absolute atomic E-state index is 13.3. The molecule has 6 nitrogen and oxygen atoms in total. The van der Waals surface area contributed by atoms with Gasteiger partial charge in [0, 0.05) is 13.1 Å². The molecule has 1 aliphatic rings. The molecule has 1 atom stereocenters. The Morgan fingerprint density at radius 1 is 0.765 bits per heavy atom. The molecule has 1 unspecified atom stereocenters. The molecule has 1 heterocycles. The Hall–Kier alpha value is -3.93. The summed E-state index contributed by atoms with van der Waals surface area (Å²) >= 11 is 0. The summed E-state index contributed by atoms with van der Waals surface area (Å²) in [5.41, 5.74) is 3.24.